The Morgan fingerprint density at radius 1 is 1.67 bits per heavy atom. The lowest BCUT2D eigenvalue weighted by atomic mass is 10.2. The molecule has 1 aromatic heterocycles. The summed E-state index contributed by atoms with van der Waals surface area (Å²) >= 11 is 0. The van der Waals surface area contributed by atoms with Crippen molar-refractivity contribution in [3.05, 3.63) is 17.8 Å². The molecule has 0 aromatic carbocycles. The maximum atomic E-state index is 10.7. The molecule has 0 aliphatic heterocycles. The van der Waals surface area contributed by atoms with E-state index in [0.717, 1.165) is 5.56 Å². The van der Waals surface area contributed by atoms with E-state index in [-0.39, 0.29) is 5.91 Å². The minimum absolute atomic E-state index is 0.129. The highest BCUT2D eigenvalue weighted by atomic mass is 16.1. The fraction of sp³-hybridized carbons (Fsp3) is 0.250. The Bertz CT molecular complexity index is 309. The van der Waals surface area contributed by atoms with Crippen LogP contribution in [0.15, 0.2) is 12.3 Å². The minimum Gasteiger partial charge on any atom is -0.397 e. The van der Waals surface area contributed by atoms with Crippen LogP contribution in [0.2, 0.25) is 0 Å². The van der Waals surface area contributed by atoms with Crippen molar-refractivity contribution in [2.45, 2.75) is 13.8 Å². The number of hydrogen-bond acceptors (Lipinski definition) is 3. The first-order valence-electron chi connectivity index (χ1n) is 3.59. The summed E-state index contributed by atoms with van der Waals surface area (Å²) in [7, 11) is 0. The molecule has 1 amide bonds. The van der Waals surface area contributed by atoms with E-state index < -0.39 is 0 Å². The van der Waals surface area contributed by atoms with Gasteiger partial charge in [-0.3, -0.25) is 4.79 Å². The van der Waals surface area contributed by atoms with Gasteiger partial charge in [-0.25, -0.2) is 4.98 Å². The molecule has 0 fully saturated rings. The first-order valence-corrected chi connectivity index (χ1v) is 3.59. The molecule has 0 saturated carbocycles. The fourth-order valence-corrected chi connectivity index (χ4v) is 0.894. The first-order chi connectivity index (χ1) is 5.59. The summed E-state index contributed by atoms with van der Waals surface area (Å²) in [6.07, 6.45) is 1.51. The third-order valence-corrected chi connectivity index (χ3v) is 1.39. The number of pyridine rings is 1. The molecule has 1 rings (SSSR count). The number of rotatable bonds is 1. The number of aromatic nitrogens is 1. The lowest BCUT2D eigenvalue weighted by molar-refractivity contribution is -0.114. The van der Waals surface area contributed by atoms with E-state index in [1.54, 1.807) is 6.07 Å². The molecular weight excluding hydrogens is 154 g/mol. The number of hydrogen-bond donors (Lipinski definition) is 2. The van der Waals surface area contributed by atoms with Crippen LogP contribution < -0.4 is 11.1 Å². The quantitative estimate of drug-likeness (QED) is 0.650. The lowest BCUT2D eigenvalue weighted by Crippen LogP contribution is -2.09. The van der Waals surface area contributed by atoms with E-state index in [1.807, 2.05) is 6.92 Å². The number of nitrogens with one attached hydrogen (secondary N) is 1. The maximum absolute atomic E-state index is 10.7. The van der Waals surface area contributed by atoms with Crippen molar-refractivity contribution in [2.24, 2.45) is 0 Å². The molecule has 4 nitrogen and oxygen atoms in total. The minimum atomic E-state index is -0.129. The Morgan fingerprint density at radius 2 is 2.33 bits per heavy atom. The molecule has 0 radical (unpaired) electrons. The molecule has 0 unspecified atom stereocenters. The van der Waals surface area contributed by atoms with Crippen LogP contribution in [0.3, 0.4) is 0 Å². The van der Waals surface area contributed by atoms with Crippen LogP contribution in [0.4, 0.5) is 11.5 Å². The summed E-state index contributed by atoms with van der Waals surface area (Å²) in [5.74, 6) is 0.437. The largest absolute Gasteiger partial charge is 0.397 e. The Labute approximate surface area is 70.8 Å². The number of carbonyl (C=O) groups is 1. The Kier molecular flexibility index (Phi) is 2.28. The molecule has 0 saturated heterocycles. The molecule has 4 heteroatoms. The molecule has 1 heterocycles. The predicted octanol–water partition coefficient (Wildman–Crippen LogP) is 0.931. The van der Waals surface area contributed by atoms with Crippen LogP contribution >= 0.6 is 0 Å². The van der Waals surface area contributed by atoms with E-state index in [1.165, 1.54) is 13.1 Å². The Hall–Kier alpha value is -1.58. The maximum Gasteiger partial charge on any atom is 0.222 e. The van der Waals surface area contributed by atoms with Crippen molar-refractivity contribution in [3.63, 3.8) is 0 Å². The van der Waals surface area contributed by atoms with E-state index in [0.29, 0.717) is 11.5 Å². The van der Waals surface area contributed by atoms with Gasteiger partial charge in [-0.05, 0) is 18.6 Å². The van der Waals surface area contributed by atoms with Crippen molar-refractivity contribution in [2.75, 3.05) is 11.1 Å². The lowest BCUT2D eigenvalue weighted by Gasteiger charge is -2.04. The van der Waals surface area contributed by atoms with Gasteiger partial charge in [0.05, 0.1) is 11.9 Å². The second kappa shape index (κ2) is 3.21. The highest BCUT2D eigenvalue weighted by Gasteiger charge is 2.00. The number of carbonyl (C=O) groups excluding carboxylic acids is 1. The van der Waals surface area contributed by atoms with Crippen LogP contribution in [-0.2, 0) is 4.79 Å². The van der Waals surface area contributed by atoms with Gasteiger partial charge in [0.1, 0.15) is 5.82 Å². The number of nitrogens with two attached hydrogens (primary N) is 1. The van der Waals surface area contributed by atoms with Crippen molar-refractivity contribution >= 4 is 17.4 Å². The summed E-state index contributed by atoms with van der Waals surface area (Å²) < 4.78 is 0. The van der Waals surface area contributed by atoms with E-state index in [9.17, 15) is 4.79 Å². The van der Waals surface area contributed by atoms with Gasteiger partial charge in [0.25, 0.3) is 0 Å². The third kappa shape index (κ3) is 1.95. The predicted molar refractivity (Wildman–Crippen MR) is 47.7 cm³/mol. The van der Waals surface area contributed by atoms with Crippen LogP contribution in [0.1, 0.15) is 12.5 Å². The van der Waals surface area contributed by atoms with Crippen molar-refractivity contribution in [1.82, 2.24) is 4.98 Å². The van der Waals surface area contributed by atoms with E-state index >= 15 is 0 Å². The van der Waals surface area contributed by atoms with Gasteiger partial charge < -0.3 is 11.1 Å². The molecule has 0 atom stereocenters. The normalized spacial score (nSPS) is 9.50. The summed E-state index contributed by atoms with van der Waals surface area (Å²) in [4.78, 5) is 14.6. The number of aryl methyl sites for hydroxylation is 1. The van der Waals surface area contributed by atoms with Gasteiger partial charge >= 0.3 is 0 Å². The summed E-state index contributed by atoms with van der Waals surface area (Å²) in [6, 6.07) is 1.76. The van der Waals surface area contributed by atoms with Crippen molar-refractivity contribution < 1.29 is 4.79 Å². The number of nitrogen functional groups attached to an aromatic ring is 1. The summed E-state index contributed by atoms with van der Waals surface area (Å²) in [6.45, 7) is 3.28. The monoisotopic (exact) mass is 165 g/mol. The molecule has 0 aliphatic carbocycles. The van der Waals surface area contributed by atoms with Crippen LogP contribution in [0.5, 0.6) is 0 Å². The van der Waals surface area contributed by atoms with Crippen molar-refractivity contribution in [3.8, 4) is 0 Å². The Balaban J connectivity index is 2.93. The standard InChI is InChI=1S/C8H11N3O/c1-5-3-7(9)4-10-8(5)11-6(2)12/h3-4H,9H2,1-2H3,(H,10,11,12). The summed E-state index contributed by atoms with van der Waals surface area (Å²) in [5, 5.41) is 2.59. The molecular formula is C8H11N3O. The average Bonchev–Trinajstić information content (AvgIpc) is 1.94. The highest BCUT2D eigenvalue weighted by Crippen LogP contribution is 2.13. The molecule has 12 heavy (non-hydrogen) atoms. The molecule has 3 N–H and O–H groups in total. The zero-order chi connectivity index (χ0) is 9.14. The van der Waals surface area contributed by atoms with Gasteiger partial charge in [0.2, 0.25) is 5.91 Å². The number of anilines is 2. The second-order valence-electron chi connectivity index (χ2n) is 2.62. The summed E-state index contributed by atoms with van der Waals surface area (Å²) in [5.41, 5.74) is 6.95. The molecule has 1 aromatic rings. The van der Waals surface area contributed by atoms with Crippen LogP contribution in [-0.4, -0.2) is 10.9 Å². The number of amides is 1. The molecule has 0 spiro atoms. The van der Waals surface area contributed by atoms with Gasteiger partial charge in [-0.1, -0.05) is 0 Å². The molecule has 64 valence electrons. The van der Waals surface area contributed by atoms with Crippen LogP contribution in [0, 0.1) is 6.92 Å². The van der Waals surface area contributed by atoms with Gasteiger partial charge in [0, 0.05) is 6.92 Å². The zero-order valence-electron chi connectivity index (χ0n) is 7.09. The second-order valence-corrected chi connectivity index (χ2v) is 2.62. The SMILES string of the molecule is CC(=O)Nc1ncc(N)cc1C. The highest BCUT2D eigenvalue weighted by molar-refractivity contribution is 5.88. The van der Waals surface area contributed by atoms with Gasteiger partial charge in [0.15, 0.2) is 0 Å². The molecule has 0 bridgehead atoms. The number of nitrogens with zero attached hydrogens (tertiary/aromatic N) is 1. The van der Waals surface area contributed by atoms with Crippen molar-refractivity contribution in [1.29, 1.82) is 0 Å². The zero-order valence-corrected chi connectivity index (χ0v) is 7.09. The van der Waals surface area contributed by atoms with Gasteiger partial charge in [-0.2, -0.15) is 0 Å². The smallest absolute Gasteiger partial charge is 0.222 e. The molecule has 0 aliphatic rings. The topological polar surface area (TPSA) is 68.0 Å². The van der Waals surface area contributed by atoms with Crippen LogP contribution in [0.25, 0.3) is 0 Å². The Morgan fingerprint density at radius 3 is 2.83 bits per heavy atom. The van der Waals surface area contributed by atoms with E-state index in [4.69, 9.17) is 5.73 Å². The first kappa shape index (κ1) is 8.52. The van der Waals surface area contributed by atoms with Gasteiger partial charge in [-0.15, -0.1) is 0 Å². The van der Waals surface area contributed by atoms with E-state index in [2.05, 4.69) is 10.3 Å². The third-order valence-electron chi connectivity index (χ3n) is 1.39. The fourth-order valence-electron chi connectivity index (χ4n) is 0.894. The average molecular weight is 165 g/mol.